The molecule has 1 aromatic carbocycles. The molecule has 5 nitrogen and oxygen atoms in total. The van der Waals surface area contributed by atoms with Gasteiger partial charge in [0.1, 0.15) is 10.7 Å². The van der Waals surface area contributed by atoms with E-state index in [0.717, 1.165) is 12.1 Å². The standard InChI is InChI=1S/C14H19FN2O3S/c1-4-10(2)14(3,18)9-17-21(19,20)13-6-5-11(8-16)7-12(13)15/h5-7,10,17-18H,4,9H2,1-3H3. The van der Waals surface area contributed by atoms with Gasteiger partial charge in [-0.1, -0.05) is 20.3 Å². The predicted molar refractivity (Wildman–Crippen MR) is 76.4 cm³/mol. The van der Waals surface area contributed by atoms with Crippen LogP contribution in [0.25, 0.3) is 0 Å². The van der Waals surface area contributed by atoms with Gasteiger partial charge in [-0.25, -0.2) is 17.5 Å². The van der Waals surface area contributed by atoms with Gasteiger partial charge in [-0.15, -0.1) is 0 Å². The fourth-order valence-corrected chi connectivity index (χ4v) is 2.92. The van der Waals surface area contributed by atoms with Gasteiger partial charge in [0.2, 0.25) is 10.0 Å². The van der Waals surface area contributed by atoms with Crippen LogP contribution in [0.1, 0.15) is 32.8 Å². The average molecular weight is 314 g/mol. The van der Waals surface area contributed by atoms with Crippen LogP contribution in [0.3, 0.4) is 0 Å². The molecule has 21 heavy (non-hydrogen) atoms. The SMILES string of the molecule is CCC(C)C(C)(O)CNS(=O)(=O)c1ccc(C#N)cc1F. The van der Waals surface area contributed by atoms with Crippen LogP contribution in [0.15, 0.2) is 23.1 Å². The first-order valence-corrected chi connectivity index (χ1v) is 8.04. The topological polar surface area (TPSA) is 90.2 Å². The fourth-order valence-electron chi connectivity index (χ4n) is 1.72. The highest BCUT2D eigenvalue weighted by Crippen LogP contribution is 2.21. The zero-order valence-electron chi connectivity index (χ0n) is 12.2. The summed E-state index contributed by atoms with van der Waals surface area (Å²) in [5.74, 6) is -1.12. The molecule has 7 heteroatoms. The summed E-state index contributed by atoms with van der Waals surface area (Å²) in [7, 11) is -4.09. The third-order valence-corrected chi connectivity index (χ3v) is 5.08. The van der Waals surface area contributed by atoms with Gasteiger partial charge in [-0.3, -0.25) is 0 Å². The summed E-state index contributed by atoms with van der Waals surface area (Å²) in [4.78, 5) is -0.540. The van der Waals surface area contributed by atoms with Gasteiger partial charge in [0.05, 0.1) is 17.2 Å². The van der Waals surface area contributed by atoms with Gasteiger partial charge >= 0.3 is 0 Å². The van der Waals surface area contributed by atoms with E-state index in [0.29, 0.717) is 6.42 Å². The molecule has 0 fully saturated rings. The number of nitriles is 1. The van der Waals surface area contributed by atoms with Crippen LogP contribution in [0.2, 0.25) is 0 Å². The summed E-state index contributed by atoms with van der Waals surface area (Å²) in [6, 6.07) is 4.86. The Morgan fingerprint density at radius 1 is 1.52 bits per heavy atom. The molecule has 0 saturated heterocycles. The van der Waals surface area contributed by atoms with E-state index in [2.05, 4.69) is 4.72 Å². The maximum Gasteiger partial charge on any atom is 0.243 e. The molecule has 0 saturated carbocycles. The molecule has 0 amide bonds. The maximum atomic E-state index is 13.7. The molecule has 0 aliphatic carbocycles. The lowest BCUT2D eigenvalue weighted by molar-refractivity contribution is 0.0102. The molecule has 0 radical (unpaired) electrons. The first-order chi connectivity index (χ1) is 9.64. The minimum atomic E-state index is -4.09. The summed E-state index contributed by atoms with van der Waals surface area (Å²) < 4.78 is 40.1. The number of hydrogen-bond donors (Lipinski definition) is 2. The van der Waals surface area contributed by atoms with E-state index in [1.807, 2.05) is 6.92 Å². The minimum Gasteiger partial charge on any atom is -0.389 e. The third-order valence-electron chi connectivity index (χ3n) is 3.64. The summed E-state index contributed by atoms with van der Waals surface area (Å²) in [6.45, 7) is 4.99. The number of sulfonamides is 1. The quantitative estimate of drug-likeness (QED) is 0.837. The van der Waals surface area contributed by atoms with Crippen molar-refractivity contribution in [3.05, 3.63) is 29.6 Å². The number of nitrogens with zero attached hydrogens (tertiary/aromatic N) is 1. The smallest absolute Gasteiger partial charge is 0.243 e. The Morgan fingerprint density at radius 2 is 2.14 bits per heavy atom. The van der Waals surface area contributed by atoms with Crippen molar-refractivity contribution in [2.45, 2.75) is 37.7 Å². The summed E-state index contributed by atoms with van der Waals surface area (Å²) >= 11 is 0. The number of rotatable bonds is 6. The second kappa shape index (κ2) is 6.52. The number of halogens is 1. The van der Waals surface area contributed by atoms with Crippen molar-refractivity contribution in [2.75, 3.05) is 6.54 Å². The van der Waals surface area contributed by atoms with Gasteiger partial charge in [-0.05, 0) is 31.0 Å². The molecule has 0 aromatic heterocycles. The first-order valence-electron chi connectivity index (χ1n) is 6.55. The molecule has 1 rings (SSSR count). The number of nitrogens with one attached hydrogen (secondary N) is 1. The van der Waals surface area contributed by atoms with E-state index in [4.69, 9.17) is 5.26 Å². The van der Waals surface area contributed by atoms with Crippen LogP contribution >= 0.6 is 0 Å². The molecule has 0 aliphatic rings. The fraction of sp³-hybridized carbons (Fsp3) is 0.500. The van der Waals surface area contributed by atoms with Gasteiger partial charge in [0, 0.05) is 6.54 Å². The van der Waals surface area contributed by atoms with Crippen molar-refractivity contribution in [1.82, 2.24) is 4.72 Å². The Bertz CT molecular complexity index is 651. The van der Waals surface area contributed by atoms with E-state index in [9.17, 15) is 17.9 Å². The second-order valence-electron chi connectivity index (χ2n) is 5.25. The van der Waals surface area contributed by atoms with Gasteiger partial charge in [0.25, 0.3) is 0 Å². The lowest BCUT2D eigenvalue weighted by Crippen LogP contribution is -2.45. The molecule has 0 aliphatic heterocycles. The Morgan fingerprint density at radius 3 is 2.62 bits per heavy atom. The van der Waals surface area contributed by atoms with Gasteiger partial charge in [0.15, 0.2) is 0 Å². The molecule has 0 spiro atoms. The van der Waals surface area contributed by atoms with E-state index in [-0.39, 0.29) is 18.0 Å². The lowest BCUT2D eigenvalue weighted by Gasteiger charge is -2.29. The van der Waals surface area contributed by atoms with Crippen LogP contribution in [-0.4, -0.2) is 25.7 Å². The van der Waals surface area contributed by atoms with E-state index < -0.39 is 26.3 Å². The monoisotopic (exact) mass is 314 g/mol. The van der Waals surface area contributed by atoms with Crippen LogP contribution < -0.4 is 4.72 Å². The van der Waals surface area contributed by atoms with Crippen molar-refractivity contribution < 1.29 is 17.9 Å². The van der Waals surface area contributed by atoms with E-state index in [1.165, 1.54) is 13.0 Å². The molecule has 0 bridgehead atoms. The summed E-state index contributed by atoms with van der Waals surface area (Å²) in [6.07, 6.45) is 0.681. The van der Waals surface area contributed by atoms with Crippen LogP contribution in [0.4, 0.5) is 4.39 Å². The maximum absolute atomic E-state index is 13.7. The Balaban J connectivity index is 2.96. The highest BCUT2D eigenvalue weighted by molar-refractivity contribution is 7.89. The van der Waals surface area contributed by atoms with Gasteiger partial charge < -0.3 is 5.11 Å². The van der Waals surface area contributed by atoms with Crippen LogP contribution in [-0.2, 0) is 10.0 Å². The Hall–Kier alpha value is -1.49. The molecular formula is C14H19FN2O3S. The second-order valence-corrected chi connectivity index (χ2v) is 6.98. The third kappa shape index (κ3) is 4.24. The molecular weight excluding hydrogens is 295 g/mol. The van der Waals surface area contributed by atoms with E-state index in [1.54, 1.807) is 13.0 Å². The Kier molecular flexibility index (Phi) is 5.45. The highest BCUT2D eigenvalue weighted by atomic mass is 32.2. The first kappa shape index (κ1) is 17.6. The highest BCUT2D eigenvalue weighted by Gasteiger charge is 2.30. The van der Waals surface area contributed by atoms with E-state index >= 15 is 0 Å². The van der Waals surface area contributed by atoms with Crippen LogP contribution in [0, 0.1) is 23.1 Å². The Labute approximate surface area is 124 Å². The van der Waals surface area contributed by atoms with Crippen molar-refractivity contribution in [3.8, 4) is 6.07 Å². The van der Waals surface area contributed by atoms with Gasteiger partial charge in [-0.2, -0.15) is 5.26 Å². The van der Waals surface area contributed by atoms with Crippen molar-refractivity contribution in [3.63, 3.8) is 0 Å². The minimum absolute atomic E-state index is 0.0399. The van der Waals surface area contributed by atoms with Crippen molar-refractivity contribution in [1.29, 1.82) is 5.26 Å². The van der Waals surface area contributed by atoms with Crippen molar-refractivity contribution in [2.24, 2.45) is 5.92 Å². The molecule has 2 N–H and O–H groups in total. The summed E-state index contributed by atoms with van der Waals surface area (Å²) in [5.41, 5.74) is -1.19. The normalized spacial score (nSPS) is 16.0. The zero-order valence-corrected chi connectivity index (χ0v) is 13.0. The lowest BCUT2D eigenvalue weighted by atomic mass is 9.89. The predicted octanol–water partition coefficient (Wildman–Crippen LogP) is 1.77. The molecule has 116 valence electrons. The average Bonchev–Trinajstić information content (AvgIpc) is 2.44. The number of benzene rings is 1. The number of hydrogen-bond acceptors (Lipinski definition) is 4. The van der Waals surface area contributed by atoms with Crippen molar-refractivity contribution >= 4 is 10.0 Å². The zero-order chi connectivity index (χ0) is 16.3. The number of aliphatic hydroxyl groups is 1. The molecule has 2 unspecified atom stereocenters. The molecule has 1 aromatic rings. The largest absolute Gasteiger partial charge is 0.389 e. The molecule has 2 atom stereocenters. The molecule has 0 heterocycles. The van der Waals surface area contributed by atoms with Crippen LogP contribution in [0.5, 0.6) is 0 Å². The summed E-state index contributed by atoms with van der Waals surface area (Å²) in [5, 5.41) is 18.8.